The third-order valence-electron chi connectivity index (χ3n) is 2.20. The normalized spacial score (nSPS) is 10.3. The van der Waals surface area contributed by atoms with E-state index in [1.807, 2.05) is 6.07 Å². The van der Waals surface area contributed by atoms with E-state index in [1.165, 1.54) is 6.07 Å². The van der Waals surface area contributed by atoms with Crippen molar-refractivity contribution in [1.29, 1.82) is 0 Å². The summed E-state index contributed by atoms with van der Waals surface area (Å²) in [5.41, 5.74) is 1.56. The Balaban J connectivity index is 2.18. The molecule has 2 aromatic rings. The molecule has 3 nitrogen and oxygen atoms in total. The first kappa shape index (κ1) is 9.71. The Morgan fingerprint density at radius 3 is 2.87 bits per heavy atom. The van der Waals surface area contributed by atoms with E-state index in [9.17, 15) is 4.39 Å². The molecule has 1 heterocycles. The molecule has 15 heavy (non-hydrogen) atoms. The monoisotopic (exact) mass is 205 g/mol. The van der Waals surface area contributed by atoms with Gasteiger partial charge in [0.1, 0.15) is 5.82 Å². The maximum absolute atomic E-state index is 13.3. The maximum Gasteiger partial charge on any atom is 0.200 e. The van der Waals surface area contributed by atoms with Crippen molar-refractivity contribution in [3.63, 3.8) is 0 Å². The maximum atomic E-state index is 13.3. The molecule has 0 amide bonds. The summed E-state index contributed by atoms with van der Waals surface area (Å²) in [7, 11) is 1.78. The zero-order valence-electron chi connectivity index (χ0n) is 8.42. The third kappa shape index (κ3) is 2.15. The number of imidazole rings is 1. The second kappa shape index (κ2) is 4.13. The van der Waals surface area contributed by atoms with E-state index in [4.69, 9.17) is 0 Å². The van der Waals surface area contributed by atoms with Gasteiger partial charge in [-0.1, -0.05) is 18.2 Å². The number of anilines is 1. The van der Waals surface area contributed by atoms with Gasteiger partial charge in [0.2, 0.25) is 0 Å². The Morgan fingerprint density at radius 2 is 2.20 bits per heavy atom. The molecule has 0 aliphatic carbocycles. The average Bonchev–Trinajstić information content (AvgIpc) is 2.69. The van der Waals surface area contributed by atoms with E-state index in [1.54, 1.807) is 25.4 Å². The fourth-order valence-corrected chi connectivity index (χ4v) is 1.42. The molecule has 1 aromatic carbocycles. The minimum atomic E-state index is -0.182. The zero-order valence-corrected chi connectivity index (χ0v) is 8.42. The highest BCUT2D eigenvalue weighted by Crippen LogP contribution is 2.12. The Hall–Kier alpha value is -1.84. The number of nitrogens with one attached hydrogen (secondary N) is 2. The van der Waals surface area contributed by atoms with Gasteiger partial charge in [0.05, 0.1) is 6.20 Å². The number of hydrogen-bond acceptors (Lipinski definition) is 2. The molecule has 0 saturated heterocycles. The molecule has 0 aliphatic heterocycles. The summed E-state index contributed by atoms with van der Waals surface area (Å²) < 4.78 is 13.3. The highest BCUT2D eigenvalue weighted by molar-refractivity contribution is 5.29. The minimum Gasteiger partial charge on any atom is -0.359 e. The molecule has 78 valence electrons. The summed E-state index contributed by atoms with van der Waals surface area (Å²) >= 11 is 0. The van der Waals surface area contributed by atoms with Crippen molar-refractivity contribution in [3.8, 4) is 0 Å². The molecule has 0 bridgehead atoms. The lowest BCUT2D eigenvalue weighted by Crippen LogP contribution is -1.93. The molecule has 0 unspecified atom stereocenters. The van der Waals surface area contributed by atoms with Gasteiger partial charge in [0.25, 0.3) is 0 Å². The summed E-state index contributed by atoms with van der Waals surface area (Å²) in [5.74, 6) is 0.513. The number of nitrogens with zero attached hydrogens (tertiary/aromatic N) is 1. The van der Waals surface area contributed by atoms with Crippen LogP contribution in [0.15, 0.2) is 30.5 Å². The second-order valence-electron chi connectivity index (χ2n) is 3.28. The van der Waals surface area contributed by atoms with Crippen LogP contribution < -0.4 is 5.32 Å². The lowest BCUT2D eigenvalue weighted by molar-refractivity contribution is 0.613. The van der Waals surface area contributed by atoms with Crippen LogP contribution in [-0.2, 0) is 6.42 Å². The van der Waals surface area contributed by atoms with Crippen LogP contribution in [-0.4, -0.2) is 17.0 Å². The summed E-state index contributed by atoms with van der Waals surface area (Å²) in [6, 6.07) is 6.75. The number of benzene rings is 1. The molecule has 0 fully saturated rings. The molecule has 0 atom stereocenters. The quantitative estimate of drug-likeness (QED) is 0.806. The highest BCUT2D eigenvalue weighted by atomic mass is 19.1. The van der Waals surface area contributed by atoms with E-state index >= 15 is 0 Å². The summed E-state index contributed by atoms with van der Waals surface area (Å²) in [4.78, 5) is 7.12. The third-order valence-corrected chi connectivity index (χ3v) is 2.20. The minimum absolute atomic E-state index is 0.182. The molecule has 2 N–H and O–H groups in total. The van der Waals surface area contributed by atoms with Crippen molar-refractivity contribution in [1.82, 2.24) is 9.97 Å². The van der Waals surface area contributed by atoms with Crippen molar-refractivity contribution in [2.45, 2.75) is 6.42 Å². The molecule has 0 saturated carbocycles. The lowest BCUT2D eigenvalue weighted by atomic mass is 10.1. The van der Waals surface area contributed by atoms with E-state index in [0.717, 1.165) is 5.69 Å². The summed E-state index contributed by atoms with van der Waals surface area (Å²) in [6.07, 6.45) is 2.24. The molecule has 1 aromatic heterocycles. The van der Waals surface area contributed by atoms with Gasteiger partial charge in [-0.15, -0.1) is 0 Å². The van der Waals surface area contributed by atoms with Crippen LogP contribution in [0.4, 0.5) is 10.3 Å². The average molecular weight is 205 g/mol. The van der Waals surface area contributed by atoms with Crippen LogP contribution in [0.5, 0.6) is 0 Å². The van der Waals surface area contributed by atoms with Crippen molar-refractivity contribution in [2.75, 3.05) is 12.4 Å². The Labute approximate surface area is 87.4 Å². The van der Waals surface area contributed by atoms with Gasteiger partial charge in [-0.2, -0.15) is 0 Å². The fraction of sp³-hybridized carbons (Fsp3) is 0.182. The first-order valence-electron chi connectivity index (χ1n) is 4.74. The predicted octanol–water partition coefficient (Wildman–Crippen LogP) is 2.18. The van der Waals surface area contributed by atoms with Gasteiger partial charge in [0, 0.05) is 19.2 Å². The topological polar surface area (TPSA) is 40.7 Å². The van der Waals surface area contributed by atoms with Crippen LogP contribution in [0.3, 0.4) is 0 Å². The van der Waals surface area contributed by atoms with Crippen LogP contribution in [0.25, 0.3) is 0 Å². The van der Waals surface area contributed by atoms with Crippen molar-refractivity contribution < 1.29 is 4.39 Å². The Kier molecular flexibility index (Phi) is 2.67. The van der Waals surface area contributed by atoms with E-state index in [2.05, 4.69) is 15.3 Å². The van der Waals surface area contributed by atoms with E-state index in [-0.39, 0.29) is 5.82 Å². The highest BCUT2D eigenvalue weighted by Gasteiger charge is 2.04. The number of aromatic nitrogens is 2. The number of hydrogen-bond donors (Lipinski definition) is 2. The molecular formula is C11H12FN3. The molecule has 4 heteroatoms. The number of aromatic amines is 1. The Morgan fingerprint density at radius 1 is 1.40 bits per heavy atom. The van der Waals surface area contributed by atoms with Gasteiger partial charge >= 0.3 is 0 Å². The predicted molar refractivity (Wildman–Crippen MR) is 57.3 cm³/mol. The number of rotatable bonds is 3. The fourth-order valence-electron chi connectivity index (χ4n) is 1.42. The number of halogens is 1. The molecule has 0 spiro atoms. The first-order chi connectivity index (χ1) is 7.29. The van der Waals surface area contributed by atoms with Gasteiger partial charge in [0.15, 0.2) is 5.95 Å². The van der Waals surface area contributed by atoms with Crippen LogP contribution >= 0.6 is 0 Å². The smallest absolute Gasteiger partial charge is 0.200 e. The Bertz CT molecular complexity index is 451. The molecule has 2 rings (SSSR count). The SMILES string of the molecule is CNc1ncc(Cc2ccccc2F)[nH]1. The summed E-state index contributed by atoms with van der Waals surface area (Å²) in [6.45, 7) is 0. The second-order valence-corrected chi connectivity index (χ2v) is 3.28. The number of H-pyrrole nitrogens is 1. The van der Waals surface area contributed by atoms with Gasteiger partial charge in [-0.25, -0.2) is 9.37 Å². The summed E-state index contributed by atoms with van der Waals surface area (Å²) in [5, 5.41) is 2.89. The van der Waals surface area contributed by atoms with E-state index in [0.29, 0.717) is 17.9 Å². The largest absolute Gasteiger partial charge is 0.359 e. The van der Waals surface area contributed by atoms with Crippen molar-refractivity contribution >= 4 is 5.95 Å². The van der Waals surface area contributed by atoms with Crippen LogP contribution in [0, 0.1) is 5.82 Å². The zero-order chi connectivity index (χ0) is 10.7. The lowest BCUT2D eigenvalue weighted by Gasteiger charge is -2.00. The first-order valence-corrected chi connectivity index (χ1v) is 4.74. The molecule has 0 radical (unpaired) electrons. The van der Waals surface area contributed by atoms with Crippen molar-refractivity contribution in [2.24, 2.45) is 0 Å². The van der Waals surface area contributed by atoms with Gasteiger partial charge < -0.3 is 10.3 Å². The van der Waals surface area contributed by atoms with Crippen molar-refractivity contribution in [3.05, 3.63) is 47.5 Å². The standard InChI is InChI=1S/C11H12FN3/c1-13-11-14-7-9(15-11)6-8-4-2-3-5-10(8)12/h2-5,7H,6H2,1H3,(H2,13,14,15). The van der Waals surface area contributed by atoms with E-state index < -0.39 is 0 Å². The van der Waals surface area contributed by atoms with Crippen LogP contribution in [0.2, 0.25) is 0 Å². The molecular weight excluding hydrogens is 193 g/mol. The van der Waals surface area contributed by atoms with Crippen LogP contribution in [0.1, 0.15) is 11.3 Å². The molecule has 0 aliphatic rings. The van der Waals surface area contributed by atoms with Gasteiger partial charge in [-0.3, -0.25) is 0 Å². The van der Waals surface area contributed by atoms with Gasteiger partial charge in [-0.05, 0) is 11.6 Å².